The quantitative estimate of drug-likeness (QED) is 0.510. The molecule has 0 amide bonds. The molecular formula is C21H16ClFN4O. The van der Waals surface area contributed by atoms with Crippen LogP contribution in [0.5, 0.6) is 5.75 Å². The Morgan fingerprint density at radius 3 is 2.64 bits per heavy atom. The monoisotopic (exact) mass is 394 g/mol. The summed E-state index contributed by atoms with van der Waals surface area (Å²) in [4.78, 5) is 12.7. The number of benzene rings is 2. The molecule has 2 heterocycles. The number of ether oxygens (including phenoxy) is 1. The van der Waals surface area contributed by atoms with Crippen LogP contribution in [0.3, 0.4) is 0 Å². The number of aromatic nitrogens is 3. The Bertz CT molecular complexity index is 1140. The van der Waals surface area contributed by atoms with Gasteiger partial charge in [-0.25, -0.2) is 14.4 Å². The lowest BCUT2D eigenvalue weighted by Gasteiger charge is -2.13. The minimum atomic E-state index is -0.281. The first-order chi connectivity index (χ1) is 13.7. The third kappa shape index (κ3) is 3.59. The smallest absolute Gasteiger partial charge is 0.145 e. The van der Waals surface area contributed by atoms with E-state index in [-0.39, 0.29) is 5.82 Å². The number of rotatable bonds is 5. The van der Waals surface area contributed by atoms with Gasteiger partial charge in [-0.05, 0) is 47.0 Å². The molecule has 1 N–H and O–H groups in total. The van der Waals surface area contributed by atoms with E-state index < -0.39 is 0 Å². The largest absolute Gasteiger partial charge is 0.494 e. The van der Waals surface area contributed by atoms with Crippen molar-refractivity contribution in [3.8, 4) is 16.9 Å². The Hall–Kier alpha value is -3.25. The van der Waals surface area contributed by atoms with Crippen molar-refractivity contribution in [3.05, 3.63) is 77.6 Å². The molecule has 0 unspecified atom stereocenters. The average molecular weight is 395 g/mol. The Morgan fingerprint density at radius 1 is 1.07 bits per heavy atom. The van der Waals surface area contributed by atoms with Gasteiger partial charge in [0.05, 0.1) is 12.1 Å². The van der Waals surface area contributed by atoms with Crippen molar-refractivity contribution in [2.75, 3.05) is 12.4 Å². The van der Waals surface area contributed by atoms with Crippen LogP contribution in [0.15, 0.2) is 61.2 Å². The zero-order valence-electron chi connectivity index (χ0n) is 15.0. The second-order valence-electron chi connectivity index (χ2n) is 6.12. The molecule has 5 nitrogen and oxygen atoms in total. The van der Waals surface area contributed by atoms with Gasteiger partial charge in [0.1, 0.15) is 29.2 Å². The van der Waals surface area contributed by atoms with Crippen molar-refractivity contribution < 1.29 is 9.13 Å². The number of hydrogen-bond acceptors (Lipinski definition) is 5. The van der Waals surface area contributed by atoms with Crippen LogP contribution < -0.4 is 10.1 Å². The molecule has 0 bridgehead atoms. The molecule has 0 radical (unpaired) electrons. The summed E-state index contributed by atoms with van der Waals surface area (Å²) < 4.78 is 18.8. The molecule has 0 aliphatic heterocycles. The van der Waals surface area contributed by atoms with E-state index in [1.165, 1.54) is 18.5 Å². The molecule has 7 heteroatoms. The van der Waals surface area contributed by atoms with Gasteiger partial charge in [0.2, 0.25) is 0 Å². The second-order valence-corrected chi connectivity index (χ2v) is 6.53. The number of nitrogens with one attached hydrogen (secondary N) is 1. The van der Waals surface area contributed by atoms with E-state index in [2.05, 4.69) is 20.3 Å². The maximum atomic E-state index is 13.3. The highest BCUT2D eigenvalue weighted by Gasteiger charge is 2.12. The molecule has 0 aliphatic carbocycles. The van der Waals surface area contributed by atoms with Crippen molar-refractivity contribution in [1.29, 1.82) is 0 Å². The van der Waals surface area contributed by atoms with E-state index >= 15 is 0 Å². The van der Waals surface area contributed by atoms with Crippen LogP contribution in [0.4, 0.5) is 10.2 Å². The number of halogens is 2. The third-order valence-corrected chi connectivity index (χ3v) is 4.74. The van der Waals surface area contributed by atoms with E-state index in [0.29, 0.717) is 28.7 Å². The summed E-state index contributed by atoms with van der Waals surface area (Å²) in [5.41, 5.74) is 3.34. The van der Waals surface area contributed by atoms with Gasteiger partial charge < -0.3 is 10.1 Å². The van der Waals surface area contributed by atoms with Gasteiger partial charge in [-0.3, -0.25) is 4.98 Å². The normalized spacial score (nSPS) is 10.8. The van der Waals surface area contributed by atoms with Gasteiger partial charge in [0.25, 0.3) is 0 Å². The number of methoxy groups -OCH3 is 1. The fourth-order valence-electron chi connectivity index (χ4n) is 2.97. The maximum Gasteiger partial charge on any atom is 0.145 e. The van der Waals surface area contributed by atoms with Crippen LogP contribution in [-0.2, 0) is 6.54 Å². The van der Waals surface area contributed by atoms with Gasteiger partial charge in [-0.1, -0.05) is 23.7 Å². The van der Waals surface area contributed by atoms with Crippen LogP contribution in [0.25, 0.3) is 22.0 Å². The van der Waals surface area contributed by atoms with Crippen molar-refractivity contribution in [2.45, 2.75) is 6.54 Å². The average Bonchev–Trinajstić information content (AvgIpc) is 2.73. The minimum Gasteiger partial charge on any atom is -0.494 e. The van der Waals surface area contributed by atoms with Gasteiger partial charge in [0, 0.05) is 24.3 Å². The van der Waals surface area contributed by atoms with Crippen molar-refractivity contribution in [3.63, 3.8) is 0 Å². The third-order valence-electron chi connectivity index (χ3n) is 4.40. The molecule has 0 saturated carbocycles. The van der Waals surface area contributed by atoms with Crippen molar-refractivity contribution in [2.24, 2.45) is 0 Å². The first-order valence-electron chi connectivity index (χ1n) is 8.56. The van der Waals surface area contributed by atoms with Crippen molar-refractivity contribution >= 4 is 28.3 Å². The number of anilines is 1. The lowest BCUT2D eigenvalue weighted by atomic mass is 10.0. The molecule has 0 aliphatic rings. The first-order valence-corrected chi connectivity index (χ1v) is 8.94. The molecule has 2 aromatic heterocycles. The molecule has 0 spiro atoms. The maximum absolute atomic E-state index is 13.3. The summed E-state index contributed by atoms with van der Waals surface area (Å²) in [5, 5.41) is 4.68. The van der Waals surface area contributed by atoms with Crippen LogP contribution in [0.1, 0.15) is 5.56 Å². The molecular weight excluding hydrogens is 379 g/mol. The minimum absolute atomic E-state index is 0.281. The van der Waals surface area contributed by atoms with Gasteiger partial charge in [-0.15, -0.1) is 0 Å². The van der Waals surface area contributed by atoms with Gasteiger partial charge in [-0.2, -0.15) is 0 Å². The highest BCUT2D eigenvalue weighted by Crippen LogP contribution is 2.34. The number of nitrogens with zero attached hydrogens (tertiary/aromatic N) is 3. The van der Waals surface area contributed by atoms with E-state index in [1.807, 2.05) is 18.2 Å². The highest BCUT2D eigenvalue weighted by atomic mass is 35.5. The predicted octanol–water partition coefficient (Wildman–Crippen LogP) is 5.11. The Labute approximate surface area is 166 Å². The fourth-order valence-corrected chi connectivity index (χ4v) is 3.15. The molecule has 0 atom stereocenters. The molecule has 28 heavy (non-hydrogen) atoms. The van der Waals surface area contributed by atoms with Crippen LogP contribution in [0, 0.1) is 5.82 Å². The Morgan fingerprint density at radius 2 is 1.89 bits per heavy atom. The lowest BCUT2D eigenvalue weighted by Crippen LogP contribution is -2.04. The zero-order chi connectivity index (χ0) is 19.5. The molecule has 140 valence electrons. The topological polar surface area (TPSA) is 59.9 Å². The summed E-state index contributed by atoms with van der Waals surface area (Å²) in [7, 11) is 1.59. The Balaban J connectivity index is 1.77. The van der Waals surface area contributed by atoms with Crippen LogP contribution in [-0.4, -0.2) is 22.1 Å². The highest BCUT2D eigenvalue weighted by molar-refractivity contribution is 6.31. The first kappa shape index (κ1) is 18.1. The SMILES string of the molecule is COc1cc(-c2ccc(F)cc2)cc2c(NCc3ccncc3Cl)ncnc12. The van der Waals surface area contributed by atoms with Crippen molar-refractivity contribution in [1.82, 2.24) is 15.0 Å². The van der Waals surface area contributed by atoms with E-state index in [9.17, 15) is 4.39 Å². The lowest BCUT2D eigenvalue weighted by molar-refractivity contribution is 0.419. The zero-order valence-corrected chi connectivity index (χ0v) is 15.7. The summed E-state index contributed by atoms with van der Waals surface area (Å²) in [6, 6.07) is 12.0. The van der Waals surface area contributed by atoms with E-state index in [1.54, 1.807) is 31.6 Å². The number of pyridine rings is 1. The van der Waals surface area contributed by atoms with Gasteiger partial charge in [0.15, 0.2) is 0 Å². The molecule has 0 fully saturated rings. The summed E-state index contributed by atoms with van der Waals surface area (Å²) in [6.45, 7) is 0.483. The van der Waals surface area contributed by atoms with E-state index in [0.717, 1.165) is 22.1 Å². The summed E-state index contributed by atoms with van der Waals surface area (Å²) in [5.74, 6) is 0.987. The standard InChI is InChI=1S/C21H16ClFN4O/c1-28-19-9-15(13-2-4-16(23)5-3-13)8-17-20(19)26-12-27-21(17)25-10-14-6-7-24-11-18(14)22/h2-9,11-12H,10H2,1H3,(H,25,26,27). The predicted molar refractivity (Wildman–Crippen MR) is 108 cm³/mol. The number of hydrogen-bond donors (Lipinski definition) is 1. The Kier molecular flexibility index (Phi) is 5.04. The van der Waals surface area contributed by atoms with Gasteiger partial charge >= 0.3 is 0 Å². The fraction of sp³-hybridized carbons (Fsp3) is 0.0952. The van der Waals surface area contributed by atoms with E-state index in [4.69, 9.17) is 16.3 Å². The molecule has 0 saturated heterocycles. The van der Waals surface area contributed by atoms with Crippen LogP contribution >= 0.6 is 11.6 Å². The van der Waals surface area contributed by atoms with Crippen LogP contribution in [0.2, 0.25) is 5.02 Å². The summed E-state index contributed by atoms with van der Waals surface area (Å²) in [6.07, 6.45) is 4.78. The molecule has 2 aromatic carbocycles. The number of fused-ring (bicyclic) bond motifs is 1. The molecule has 4 rings (SSSR count). The molecule has 4 aromatic rings. The second kappa shape index (κ2) is 7.78. The summed E-state index contributed by atoms with van der Waals surface area (Å²) >= 11 is 6.19.